The first kappa shape index (κ1) is 23.1. The lowest BCUT2D eigenvalue weighted by Crippen LogP contribution is -2.48. The van der Waals surface area contributed by atoms with Crippen molar-refractivity contribution in [1.29, 1.82) is 0 Å². The molecule has 2 aromatic rings. The minimum absolute atomic E-state index is 0.281. The minimum Gasteiger partial charge on any atom is -0.464 e. The number of nitrogens with zero attached hydrogens (tertiary/aromatic N) is 1. The van der Waals surface area contributed by atoms with Crippen molar-refractivity contribution >= 4 is 16.9 Å². The molecule has 5 nitrogen and oxygen atoms in total. The van der Waals surface area contributed by atoms with Gasteiger partial charge in [0.1, 0.15) is 5.58 Å². The molecule has 4 rings (SSSR count). The number of nitrogens with one attached hydrogen (secondary N) is 1. The molecule has 2 heterocycles. The van der Waals surface area contributed by atoms with Gasteiger partial charge in [0.15, 0.2) is 0 Å². The van der Waals surface area contributed by atoms with Crippen LogP contribution in [0, 0.1) is 5.92 Å². The largest absolute Gasteiger partial charge is 0.464 e. The number of fused-ring (bicyclic) bond motifs is 1. The summed E-state index contributed by atoms with van der Waals surface area (Å²) in [5.41, 5.74) is 2.26. The van der Waals surface area contributed by atoms with E-state index in [2.05, 4.69) is 22.3 Å². The Kier molecular flexibility index (Phi) is 7.10. The van der Waals surface area contributed by atoms with Crippen molar-refractivity contribution in [3.8, 4) is 0 Å². The van der Waals surface area contributed by atoms with Crippen molar-refractivity contribution in [2.75, 3.05) is 19.6 Å². The van der Waals surface area contributed by atoms with Crippen LogP contribution in [0.2, 0.25) is 0 Å². The monoisotopic (exact) mass is 452 g/mol. The highest BCUT2D eigenvalue weighted by atomic mass is 19.4. The molecule has 1 unspecified atom stereocenters. The molecule has 32 heavy (non-hydrogen) atoms. The fraction of sp³-hybridized carbons (Fsp3) is 0.625. The number of likely N-dealkylation sites (tertiary alicyclic amines) is 1. The molecular weight excluding hydrogens is 421 g/mol. The van der Waals surface area contributed by atoms with Gasteiger partial charge in [-0.1, -0.05) is 18.2 Å². The SMILES string of the molecule is O=C(NC1CCC(CCN2CCC(c3coc4ccccc34)CC2)CC1)C(O)C(F)(F)F. The summed E-state index contributed by atoms with van der Waals surface area (Å²) < 4.78 is 43.0. The van der Waals surface area contributed by atoms with Crippen LogP contribution in [0.3, 0.4) is 0 Å². The molecule has 1 aromatic heterocycles. The quantitative estimate of drug-likeness (QED) is 0.672. The summed E-state index contributed by atoms with van der Waals surface area (Å²) in [6.07, 6.45) is 0.472. The number of piperidine rings is 1. The lowest BCUT2D eigenvalue weighted by molar-refractivity contribution is -0.205. The van der Waals surface area contributed by atoms with E-state index in [4.69, 9.17) is 9.52 Å². The maximum absolute atomic E-state index is 12.4. The Balaban J connectivity index is 1.16. The van der Waals surface area contributed by atoms with Crippen molar-refractivity contribution in [1.82, 2.24) is 10.2 Å². The topological polar surface area (TPSA) is 65.7 Å². The van der Waals surface area contributed by atoms with E-state index >= 15 is 0 Å². The molecule has 2 N–H and O–H groups in total. The van der Waals surface area contributed by atoms with E-state index in [9.17, 15) is 18.0 Å². The third kappa shape index (κ3) is 5.46. The van der Waals surface area contributed by atoms with Gasteiger partial charge >= 0.3 is 6.18 Å². The Labute approximate surface area is 185 Å². The Morgan fingerprint density at radius 2 is 1.81 bits per heavy atom. The molecule has 176 valence electrons. The zero-order valence-corrected chi connectivity index (χ0v) is 18.1. The third-order valence-corrected chi connectivity index (χ3v) is 7.14. The number of amides is 1. The number of carbonyl (C=O) groups is 1. The average Bonchev–Trinajstić information content (AvgIpc) is 3.22. The number of hydrogen-bond acceptors (Lipinski definition) is 4. The van der Waals surface area contributed by atoms with E-state index in [1.807, 2.05) is 18.4 Å². The molecule has 1 atom stereocenters. The zero-order chi connectivity index (χ0) is 22.7. The summed E-state index contributed by atoms with van der Waals surface area (Å²) in [6.45, 7) is 3.16. The summed E-state index contributed by atoms with van der Waals surface area (Å²) >= 11 is 0. The van der Waals surface area contributed by atoms with Crippen molar-refractivity contribution in [3.63, 3.8) is 0 Å². The predicted molar refractivity (Wildman–Crippen MR) is 115 cm³/mol. The lowest BCUT2D eigenvalue weighted by atomic mass is 9.83. The zero-order valence-electron chi connectivity index (χ0n) is 18.1. The fourth-order valence-electron chi connectivity index (χ4n) is 5.17. The standard InChI is InChI=1S/C24H31F3N2O3/c25-24(26,27)22(30)23(31)28-18-7-5-16(6-8-18)9-12-29-13-10-17(11-14-29)20-15-32-21-4-2-1-3-19(20)21/h1-4,15-18,22,30H,5-14H2,(H,28,31). The smallest absolute Gasteiger partial charge is 0.423 e. The summed E-state index contributed by atoms with van der Waals surface area (Å²) in [6, 6.07) is 7.90. The van der Waals surface area contributed by atoms with Crippen LogP contribution in [0.25, 0.3) is 11.0 Å². The van der Waals surface area contributed by atoms with Crippen molar-refractivity contribution in [2.24, 2.45) is 5.92 Å². The number of halogens is 3. The molecule has 1 saturated carbocycles. The Bertz CT molecular complexity index is 897. The number of furan rings is 1. The number of hydrogen-bond donors (Lipinski definition) is 2. The van der Waals surface area contributed by atoms with Crippen LogP contribution in [-0.2, 0) is 4.79 Å². The van der Waals surface area contributed by atoms with Gasteiger partial charge in [0.05, 0.1) is 6.26 Å². The van der Waals surface area contributed by atoms with E-state index in [0.29, 0.717) is 24.7 Å². The van der Waals surface area contributed by atoms with Gasteiger partial charge in [0.25, 0.3) is 5.91 Å². The van der Waals surface area contributed by atoms with Gasteiger partial charge in [-0.3, -0.25) is 4.79 Å². The predicted octanol–water partition coefficient (Wildman–Crippen LogP) is 4.60. The van der Waals surface area contributed by atoms with E-state index < -0.39 is 18.2 Å². The van der Waals surface area contributed by atoms with Crippen molar-refractivity contribution in [2.45, 2.75) is 69.2 Å². The Morgan fingerprint density at radius 1 is 1.12 bits per heavy atom. The highest BCUT2D eigenvalue weighted by Crippen LogP contribution is 2.35. The van der Waals surface area contributed by atoms with Crippen LogP contribution in [-0.4, -0.2) is 53.9 Å². The Hall–Kier alpha value is -2.06. The third-order valence-electron chi connectivity index (χ3n) is 7.14. The number of rotatable bonds is 6. The number of aliphatic hydroxyl groups is 1. The molecule has 0 radical (unpaired) electrons. The van der Waals surface area contributed by atoms with Crippen LogP contribution in [0.4, 0.5) is 13.2 Å². The number of para-hydroxylation sites is 1. The van der Waals surface area contributed by atoms with Crippen molar-refractivity contribution in [3.05, 3.63) is 36.1 Å². The van der Waals surface area contributed by atoms with Crippen LogP contribution in [0.15, 0.2) is 34.9 Å². The average molecular weight is 453 g/mol. The lowest BCUT2D eigenvalue weighted by Gasteiger charge is -2.34. The number of carbonyl (C=O) groups excluding carboxylic acids is 1. The van der Waals surface area contributed by atoms with E-state index in [1.54, 1.807) is 0 Å². The van der Waals surface area contributed by atoms with E-state index in [1.165, 1.54) is 10.9 Å². The molecular formula is C24H31F3N2O3. The molecule has 8 heteroatoms. The van der Waals surface area contributed by atoms with Gasteiger partial charge in [0.2, 0.25) is 6.10 Å². The summed E-state index contributed by atoms with van der Waals surface area (Å²) in [4.78, 5) is 14.1. The molecule has 1 aliphatic heterocycles. The van der Waals surface area contributed by atoms with Gasteiger partial charge in [0, 0.05) is 17.0 Å². The van der Waals surface area contributed by atoms with Crippen LogP contribution in [0.5, 0.6) is 0 Å². The molecule has 2 aliphatic rings. The van der Waals surface area contributed by atoms with Gasteiger partial charge in [-0.2, -0.15) is 13.2 Å². The number of benzene rings is 1. The summed E-state index contributed by atoms with van der Waals surface area (Å²) in [7, 11) is 0. The normalized spacial score (nSPS) is 24.5. The van der Waals surface area contributed by atoms with E-state index in [0.717, 1.165) is 57.3 Å². The number of alkyl halides is 3. The molecule has 1 aromatic carbocycles. The fourth-order valence-corrected chi connectivity index (χ4v) is 5.17. The molecule has 0 bridgehead atoms. The minimum atomic E-state index is -4.92. The first-order valence-corrected chi connectivity index (χ1v) is 11.5. The highest BCUT2D eigenvalue weighted by Gasteiger charge is 2.44. The molecule has 1 saturated heterocycles. The second-order valence-corrected chi connectivity index (χ2v) is 9.26. The molecule has 0 spiro atoms. The second-order valence-electron chi connectivity index (χ2n) is 9.26. The first-order valence-electron chi connectivity index (χ1n) is 11.5. The highest BCUT2D eigenvalue weighted by molar-refractivity contribution is 5.82. The molecule has 1 aliphatic carbocycles. The molecule has 2 fully saturated rings. The number of aliphatic hydroxyl groups excluding tert-OH is 1. The summed E-state index contributed by atoms with van der Waals surface area (Å²) in [5.74, 6) is -0.276. The van der Waals surface area contributed by atoms with Gasteiger partial charge in [-0.05, 0) is 82.5 Å². The first-order chi connectivity index (χ1) is 15.3. The Morgan fingerprint density at radius 3 is 2.50 bits per heavy atom. The second kappa shape index (κ2) is 9.83. The van der Waals surface area contributed by atoms with E-state index in [-0.39, 0.29) is 6.04 Å². The van der Waals surface area contributed by atoms with Gasteiger partial charge in [-0.25, -0.2) is 0 Å². The van der Waals surface area contributed by atoms with Crippen LogP contribution in [0.1, 0.15) is 56.4 Å². The van der Waals surface area contributed by atoms with Crippen molar-refractivity contribution < 1.29 is 27.5 Å². The van der Waals surface area contributed by atoms with Crippen LogP contribution < -0.4 is 5.32 Å². The maximum Gasteiger partial charge on any atom is 0.423 e. The van der Waals surface area contributed by atoms with Gasteiger partial charge in [-0.15, -0.1) is 0 Å². The summed E-state index contributed by atoms with van der Waals surface area (Å²) in [5, 5.41) is 12.6. The van der Waals surface area contributed by atoms with Gasteiger partial charge < -0.3 is 19.7 Å². The maximum atomic E-state index is 12.4. The molecule has 1 amide bonds. The van der Waals surface area contributed by atoms with Crippen LogP contribution >= 0.6 is 0 Å².